The molecule has 0 saturated heterocycles. The zero-order valence-corrected chi connectivity index (χ0v) is 9.83. The summed E-state index contributed by atoms with van der Waals surface area (Å²) in [5.41, 5.74) is 5.54. The molecular formula is C11H23NO3. The molecule has 15 heavy (non-hydrogen) atoms. The molecule has 0 heterocycles. The topological polar surface area (TPSA) is 61.5 Å². The van der Waals surface area contributed by atoms with Crippen LogP contribution in [0.5, 0.6) is 0 Å². The Hall–Kier alpha value is -0.610. The molecule has 1 unspecified atom stereocenters. The fourth-order valence-corrected chi connectivity index (χ4v) is 1.21. The molecule has 0 aromatic heterocycles. The Labute approximate surface area is 92.1 Å². The normalized spacial score (nSPS) is 12.5. The molecule has 0 bridgehead atoms. The first-order valence-corrected chi connectivity index (χ1v) is 5.63. The first-order chi connectivity index (χ1) is 7.22. The van der Waals surface area contributed by atoms with E-state index in [1.807, 2.05) is 0 Å². The second kappa shape index (κ2) is 9.93. The summed E-state index contributed by atoms with van der Waals surface area (Å²) < 4.78 is 9.86. The average molecular weight is 217 g/mol. The Balaban J connectivity index is 3.20. The second-order valence-electron chi connectivity index (χ2n) is 3.59. The fraction of sp³-hybridized carbons (Fsp3) is 0.909. The van der Waals surface area contributed by atoms with Crippen LogP contribution >= 0.6 is 0 Å². The molecule has 0 aliphatic rings. The molecule has 1 atom stereocenters. The van der Waals surface area contributed by atoms with Crippen LogP contribution in [0.3, 0.4) is 0 Å². The Morgan fingerprint density at radius 2 is 2.00 bits per heavy atom. The third kappa shape index (κ3) is 8.39. The lowest BCUT2D eigenvalue weighted by atomic mass is 10.2. The summed E-state index contributed by atoms with van der Waals surface area (Å²) in [7, 11) is 1.34. The molecule has 0 aliphatic carbocycles. The van der Waals surface area contributed by atoms with Gasteiger partial charge in [-0.1, -0.05) is 26.2 Å². The van der Waals surface area contributed by atoms with Gasteiger partial charge in [0.1, 0.15) is 6.04 Å². The Morgan fingerprint density at radius 3 is 2.60 bits per heavy atom. The molecule has 0 spiro atoms. The van der Waals surface area contributed by atoms with Gasteiger partial charge in [-0.3, -0.25) is 4.79 Å². The van der Waals surface area contributed by atoms with Gasteiger partial charge in [0.05, 0.1) is 7.11 Å². The molecule has 4 heteroatoms. The van der Waals surface area contributed by atoms with Crippen molar-refractivity contribution in [2.24, 2.45) is 5.73 Å². The van der Waals surface area contributed by atoms with E-state index in [2.05, 4.69) is 11.7 Å². The van der Waals surface area contributed by atoms with Crippen molar-refractivity contribution in [3.63, 3.8) is 0 Å². The van der Waals surface area contributed by atoms with Gasteiger partial charge >= 0.3 is 5.97 Å². The number of carbonyl (C=O) groups is 1. The van der Waals surface area contributed by atoms with Crippen molar-refractivity contribution >= 4 is 5.97 Å². The number of carbonyl (C=O) groups excluding carboxylic acids is 1. The van der Waals surface area contributed by atoms with Crippen molar-refractivity contribution in [1.82, 2.24) is 0 Å². The van der Waals surface area contributed by atoms with Crippen LogP contribution in [0.15, 0.2) is 0 Å². The molecule has 0 aromatic rings. The van der Waals surface area contributed by atoms with Gasteiger partial charge in [-0.05, 0) is 12.8 Å². The maximum absolute atomic E-state index is 10.9. The summed E-state index contributed by atoms with van der Waals surface area (Å²) in [6, 6.07) is -0.550. The predicted molar refractivity (Wildman–Crippen MR) is 59.6 cm³/mol. The number of hydrogen-bond donors (Lipinski definition) is 1. The Morgan fingerprint density at radius 1 is 1.27 bits per heavy atom. The molecule has 2 N–H and O–H groups in total. The van der Waals surface area contributed by atoms with Crippen LogP contribution in [-0.4, -0.2) is 32.3 Å². The van der Waals surface area contributed by atoms with Gasteiger partial charge < -0.3 is 15.2 Å². The van der Waals surface area contributed by atoms with Crippen LogP contribution in [0.1, 0.15) is 39.0 Å². The van der Waals surface area contributed by atoms with E-state index in [9.17, 15) is 4.79 Å². The number of rotatable bonds is 9. The van der Waals surface area contributed by atoms with Gasteiger partial charge in [-0.15, -0.1) is 0 Å². The summed E-state index contributed by atoms with van der Waals surface area (Å²) in [6.45, 7) is 3.46. The lowest BCUT2D eigenvalue weighted by molar-refractivity contribution is -0.142. The molecule has 0 aromatic carbocycles. The van der Waals surface area contributed by atoms with E-state index >= 15 is 0 Å². The van der Waals surface area contributed by atoms with Crippen LogP contribution < -0.4 is 5.73 Å². The predicted octanol–water partition coefficient (Wildman–Crippen LogP) is 1.47. The Bertz CT molecular complexity index is 162. The lowest BCUT2D eigenvalue weighted by Gasteiger charge is -2.09. The van der Waals surface area contributed by atoms with Gasteiger partial charge in [-0.2, -0.15) is 0 Å². The highest BCUT2D eigenvalue weighted by Crippen LogP contribution is 1.99. The van der Waals surface area contributed by atoms with E-state index in [4.69, 9.17) is 10.5 Å². The van der Waals surface area contributed by atoms with Crippen LogP contribution in [0.25, 0.3) is 0 Å². The third-order valence-corrected chi connectivity index (χ3v) is 2.22. The van der Waals surface area contributed by atoms with E-state index in [-0.39, 0.29) is 5.97 Å². The van der Waals surface area contributed by atoms with Gasteiger partial charge in [0.15, 0.2) is 0 Å². The largest absolute Gasteiger partial charge is 0.468 e. The van der Waals surface area contributed by atoms with E-state index in [1.54, 1.807) is 0 Å². The van der Waals surface area contributed by atoms with Gasteiger partial charge in [0.2, 0.25) is 0 Å². The van der Waals surface area contributed by atoms with Crippen molar-refractivity contribution in [3.05, 3.63) is 0 Å². The molecule has 4 nitrogen and oxygen atoms in total. The van der Waals surface area contributed by atoms with Crippen LogP contribution in [0, 0.1) is 0 Å². The number of ether oxygens (including phenoxy) is 2. The summed E-state index contributed by atoms with van der Waals surface area (Å²) in [4.78, 5) is 10.9. The molecule has 0 rings (SSSR count). The highest BCUT2D eigenvalue weighted by atomic mass is 16.5. The fourth-order valence-electron chi connectivity index (χ4n) is 1.21. The zero-order valence-electron chi connectivity index (χ0n) is 9.83. The molecular weight excluding hydrogens is 194 g/mol. The molecule has 0 saturated carbocycles. The highest BCUT2D eigenvalue weighted by Gasteiger charge is 2.12. The van der Waals surface area contributed by atoms with Gasteiger partial charge in [0.25, 0.3) is 0 Å². The van der Waals surface area contributed by atoms with Crippen LogP contribution in [-0.2, 0) is 14.3 Å². The van der Waals surface area contributed by atoms with E-state index in [0.717, 1.165) is 13.0 Å². The molecule has 0 radical (unpaired) electrons. The average Bonchev–Trinajstić information content (AvgIpc) is 2.26. The van der Waals surface area contributed by atoms with Gasteiger partial charge in [-0.25, -0.2) is 0 Å². The SMILES string of the molecule is CCCCCCOCCC(N)C(=O)OC. The highest BCUT2D eigenvalue weighted by molar-refractivity contribution is 5.75. The number of methoxy groups -OCH3 is 1. The molecule has 0 amide bonds. The zero-order chi connectivity index (χ0) is 11.5. The van der Waals surface area contributed by atoms with Crippen molar-refractivity contribution in [2.75, 3.05) is 20.3 Å². The summed E-state index contributed by atoms with van der Waals surface area (Å²) in [5, 5.41) is 0. The Kier molecular flexibility index (Phi) is 9.52. The number of unbranched alkanes of at least 4 members (excludes halogenated alkanes) is 3. The third-order valence-electron chi connectivity index (χ3n) is 2.22. The minimum absolute atomic E-state index is 0.371. The quantitative estimate of drug-likeness (QED) is 0.469. The van der Waals surface area contributed by atoms with E-state index in [1.165, 1.54) is 26.4 Å². The molecule has 0 aliphatic heterocycles. The standard InChI is InChI=1S/C11H23NO3/c1-3-4-5-6-8-15-9-7-10(12)11(13)14-2/h10H,3-9,12H2,1-2H3. The van der Waals surface area contributed by atoms with E-state index < -0.39 is 6.04 Å². The van der Waals surface area contributed by atoms with E-state index in [0.29, 0.717) is 13.0 Å². The van der Waals surface area contributed by atoms with Crippen molar-refractivity contribution in [1.29, 1.82) is 0 Å². The van der Waals surface area contributed by atoms with Crippen LogP contribution in [0.2, 0.25) is 0 Å². The molecule has 90 valence electrons. The second-order valence-corrected chi connectivity index (χ2v) is 3.59. The number of esters is 1. The first-order valence-electron chi connectivity index (χ1n) is 5.63. The summed E-state index contributed by atoms with van der Waals surface area (Å²) >= 11 is 0. The van der Waals surface area contributed by atoms with Crippen molar-refractivity contribution in [2.45, 2.75) is 45.1 Å². The maximum atomic E-state index is 10.9. The number of hydrogen-bond acceptors (Lipinski definition) is 4. The van der Waals surface area contributed by atoms with Gasteiger partial charge in [0, 0.05) is 13.2 Å². The molecule has 0 fully saturated rings. The van der Waals surface area contributed by atoms with Crippen molar-refractivity contribution < 1.29 is 14.3 Å². The van der Waals surface area contributed by atoms with Crippen molar-refractivity contribution in [3.8, 4) is 0 Å². The monoisotopic (exact) mass is 217 g/mol. The van der Waals surface area contributed by atoms with Crippen LogP contribution in [0.4, 0.5) is 0 Å². The summed E-state index contributed by atoms with van der Waals surface area (Å²) in [5.74, 6) is -0.371. The summed E-state index contributed by atoms with van der Waals surface area (Å²) in [6.07, 6.45) is 5.31. The number of nitrogens with two attached hydrogens (primary N) is 1. The maximum Gasteiger partial charge on any atom is 0.322 e. The minimum Gasteiger partial charge on any atom is -0.468 e. The smallest absolute Gasteiger partial charge is 0.322 e. The first kappa shape index (κ1) is 14.4. The minimum atomic E-state index is -0.550. The lowest BCUT2D eigenvalue weighted by Crippen LogP contribution is -2.32.